The van der Waals surface area contributed by atoms with Gasteiger partial charge in [-0.1, -0.05) is 13.8 Å². The molecule has 30 heavy (non-hydrogen) atoms. The summed E-state index contributed by atoms with van der Waals surface area (Å²) in [5.74, 6) is 1.69. The molecule has 0 radical (unpaired) electrons. The van der Waals surface area contributed by atoms with Gasteiger partial charge in [-0.25, -0.2) is 18.0 Å². The first-order chi connectivity index (χ1) is 14.4. The number of rotatable bonds is 9. The Hall–Kier alpha value is -2.52. The number of benzene rings is 1. The van der Waals surface area contributed by atoms with Crippen molar-refractivity contribution < 1.29 is 8.95 Å². The Morgan fingerprint density at radius 2 is 2.00 bits per heavy atom. The fourth-order valence-corrected chi connectivity index (χ4v) is 4.52. The van der Waals surface area contributed by atoms with Gasteiger partial charge in [0.2, 0.25) is 0 Å². The maximum Gasteiger partial charge on any atom is 0.277 e. The lowest BCUT2D eigenvalue weighted by Gasteiger charge is -2.16. The second-order valence-electron chi connectivity index (χ2n) is 7.12. The molecule has 1 atom stereocenters. The van der Waals surface area contributed by atoms with Gasteiger partial charge in [0.15, 0.2) is 11.3 Å². The first-order valence-corrected chi connectivity index (χ1v) is 11.4. The number of aryl methyl sites for hydroxylation is 2. The van der Waals surface area contributed by atoms with Crippen molar-refractivity contribution in [2.24, 2.45) is 0 Å². The average molecular weight is 432 g/mol. The highest BCUT2D eigenvalue weighted by Gasteiger charge is 2.19. The van der Waals surface area contributed by atoms with Crippen molar-refractivity contribution in [1.82, 2.24) is 23.9 Å². The molecule has 0 aliphatic carbocycles. The lowest BCUT2D eigenvalue weighted by Crippen LogP contribution is -2.22. The van der Waals surface area contributed by atoms with E-state index in [4.69, 9.17) is 4.74 Å². The van der Waals surface area contributed by atoms with Crippen LogP contribution in [-0.2, 0) is 17.4 Å². The van der Waals surface area contributed by atoms with E-state index in [2.05, 4.69) is 22.0 Å². The number of hydrogen-bond donors (Lipinski definition) is 1. The van der Waals surface area contributed by atoms with Crippen LogP contribution in [0.1, 0.15) is 45.1 Å². The van der Waals surface area contributed by atoms with E-state index < -0.39 is 11.0 Å². The first-order valence-electron chi connectivity index (χ1n) is 10.3. The molecule has 0 spiro atoms. The highest BCUT2D eigenvalue weighted by molar-refractivity contribution is 7.82. The monoisotopic (exact) mass is 431 g/mol. The second-order valence-corrected chi connectivity index (χ2v) is 8.71. The molecule has 0 bridgehead atoms. The van der Waals surface area contributed by atoms with Gasteiger partial charge in [-0.15, -0.1) is 5.10 Å². The van der Waals surface area contributed by atoms with Gasteiger partial charge in [0.1, 0.15) is 22.6 Å². The minimum Gasteiger partial charge on any atom is -0.493 e. The summed E-state index contributed by atoms with van der Waals surface area (Å²) in [7, 11) is 0.505. The number of fused-ring (bicyclic) bond motifs is 1. The van der Waals surface area contributed by atoms with Crippen LogP contribution in [0.25, 0.3) is 16.9 Å². The molecule has 0 saturated heterocycles. The summed E-state index contributed by atoms with van der Waals surface area (Å²) in [6.45, 7) is 8.98. The number of aromatic amines is 1. The van der Waals surface area contributed by atoms with Crippen LogP contribution in [-0.4, -0.2) is 48.3 Å². The molecule has 3 aromatic rings. The van der Waals surface area contributed by atoms with E-state index in [-0.39, 0.29) is 5.56 Å². The molecule has 0 aliphatic rings. The van der Waals surface area contributed by atoms with Crippen molar-refractivity contribution in [1.29, 1.82) is 0 Å². The van der Waals surface area contributed by atoms with Crippen LogP contribution in [0.15, 0.2) is 27.9 Å². The molecule has 2 heterocycles. The molecule has 1 aromatic carbocycles. The number of ether oxygens (including phenoxy) is 1. The zero-order valence-corrected chi connectivity index (χ0v) is 19.0. The lowest BCUT2D eigenvalue weighted by atomic mass is 10.2. The predicted molar refractivity (Wildman–Crippen MR) is 118 cm³/mol. The molecular formula is C21H29N5O3S. The molecular weight excluding hydrogens is 402 g/mol. The number of nitrogens with zero attached hydrogens (tertiary/aromatic N) is 4. The minimum atomic E-state index is -1.32. The summed E-state index contributed by atoms with van der Waals surface area (Å²) < 4.78 is 22.1. The van der Waals surface area contributed by atoms with Crippen LogP contribution >= 0.6 is 0 Å². The molecule has 0 fully saturated rings. The fraction of sp³-hybridized carbons (Fsp3) is 0.476. The maximum atomic E-state index is 12.9. The quantitative estimate of drug-likeness (QED) is 0.562. The Morgan fingerprint density at radius 1 is 1.23 bits per heavy atom. The Balaban J connectivity index is 2.18. The second kappa shape index (κ2) is 9.53. The van der Waals surface area contributed by atoms with Gasteiger partial charge < -0.3 is 9.72 Å². The summed E-state index contributed by atoms with van der Waals surface area (Å²) in [6.07, 6.45) is 2.51. The Morgan fingerprint density at radius 3 is 2.67 bits per heavy atom. The fourth-order valence-electron chi connectivity index (χ4n) is 3.40. The standard InChI is InChI=1S/C21H29N5O3S/c1-6-9-18-22-14(4)19-21(27)23-20(24-26(18)19)16-13-15(10-11-17(16)29-8-3)30(28)25(5)12-7-2/h10-11,13H,6-9,12H2,1-5H3,(H,23,24,27). The first kappa shape index (κ1) is 22.2. The van der Waals surface area contributed by atoms with E-state index in [1.807, 2.05) is 27.8 Å². The zero-order chi connectivity index (χ0) is 21.8. The average Bonchev–Trinajstić information content (AvgIpc) is 3.04. The summed E-state index contributed by atoms with van der Waals surface area (Å²) in [6, 6.07) is 5.35. The van der Waals surface area contributed by atoms with Crippen LogP contribution in [0.5, 0.6) is 5.75 Å². The molecule has 3 rings (SSSR count). The van der Waals surface area contributed by atoms with Crippen LogP contribution in [0, 0.1) is 6.92 Å². The van der Waals surface area contributed by atoms with Crippen molar-refractivity contribution in [3.8, 4) is 17.1 Å². The van der Waals surface area contributed by atoms with E-state index in [0.717, 1.165) is 25.1 Å². The molecule has 1 N–H and O–H groups in total. The molecule has 1 unspecified atom stereocenters. The zero-order valence-electron chi connectivity index (χ0n) is 18.2. The molecule has 2 aromatic heterocycles. The smallest absolute Gasteiger partial charge is 0.277 e. The maximum absolute atomic E-state index is 12.9. The number of hydrogen-bond acceptors (Lipinski definition) is 5. The van der Waals surface area contributed by atoms with Crippen molar-refractivity contribution in [3.63, 3.8) is 0 Å². The van der Waals surface area contributed by atoms with Crippen molar-refractivity contribution in [3.05, 3.63) is 40.1 Å². The molecule has 162 valence electrons. The molecule has 8 nitrogen and oxygen atoms in total. The van der Waals surface area contributed by atoms with Gasteiger partial charge in [-0.05, 0) is 44.9 Å². The third kappa shape index (κ3) is 4.32. The Kier molecular flexibility index (Phi) is 7.04. The number of aromatic nitrogens is 4. The van der Waals surface area contributed by atoms with Crippen LogP contribution in [0.2, 0.25) is 0 Å². The molecule has 0 saturated carbocycles. The van der Waals surface area contributed by atoms with Gasteiger partial charge in [-0.3, -0.25) is 4.79 Å². The van der Waals surface area contributed by atoms with E-state index in [1.165, 1.54) is 0 Å². The van der Waals surface area contributed by atoms with Crippen LogP contribution in [0.3, 0.4) is 0 Å². The van der Waals surface area contributed by atoms with E-state index in [1.54, 1.807) is 27.0 Å². The highest BCUT2D eigenvalue weighted by Crippen LogP contribution is 2.30. The number of nitrogens with one attached hydrogen (secondary N) is 1. The third-order valence-electron chi connectivity index (χ3n) is 4.75. The van der Waals surface area contributed by atoms with E-state index >= 15 is 0 Å². The SMILES string of the molecule is CCCc1nc(C)c2c(=O)[nH]c(-c3cc(S(=O)N(C)CCC)ccc3OCC)nn12. The largest absolute Gasteiger partial charge is 0.493 e. The third-order valence-corrected chi connectivity index (χ3v) is 6.15. The highest BCUT2D eigenvalue weighted by atomic mass is 32.2. The topological polar surface area (TPSA) is 92.6 Å². The van der Waals surface area contributed by atoms with E-state index in [9.17, 15) is 9.00 Å². The minimum absolute atomic E-state index is 0.260. The van der Waals surface area contributed by atoms with Crippen molar-refractivity contribution >= 4 is 16.5 Å². The normalized spacial score (nSPS) is 12.6. The summed E-state index contributed by atoms with van der Waals surface area (Å²) >= 11 is 0. The summed E-state index contributed by atoms with van der Waals surface area (Å²) in [5.41, 5.74) is 1.44. The number of imidazole rings is 1. The van der Waals surface area contributed by atoms with Gasteiger partial charge in [0, 0.05) is 20.0 Å². The molecule has 9 heteroatoms. The summed E-state index contributed by atoms with van der Waals surface area (Å²) in [5, 5.41) is 4.68. The van der Waals surface area contributed by atoms with Crippen LogP contribution < -0.4 is 10.3 Å². The molecule has 0 amide bonds. The Bertz CT molecular complexity index is 1120. The van der Waals surface area contributed by atoms with Gasteiger partial charge in [0.05, 0.1) is 22.8 Å². The van der Waals surface area contributed by atoms with Gasteiger partial charge in [0.25, 0.3) is 5.56 Å². The predicted octanol–water partition coefficient (Wildman–Crippen LogP) is 3.11. The lowest BCUT2D eigenvalue weighted by molar-refractivity contribution is 0.341. The van der Waals surface area contributed by atoms with Crippen molar-refractivity contribution in [2.45, 2.75) is 51.9 Å². The van der Waals surface area contributed by atoms with Crippen LogP contribution in [0.4, 0.5) is 0 Å². The summed E-state index contributed by atoms with van der Waals surface area (Å²) in [4.78, 5) is 20.8. The molecule has 0 aliphatic heterocycles. The van der Waals surface area contributed by atoms with Crippen molar-refractivity contribution in [2.75, 3.05) is 20.2 Å². The Labute approximate surface area is 178 Å². The van der Waals surface area contributed by atoms with E-state index in [0.29, 0.717) is 46.4 Å². The van der Waals surface area contributed by atoms with Gasteiger partial charge >= 0.3 is 0 Å². The number of H-pyrrole nitrogens is 1. The van der Waals surface area contributed by atoms with Gasteiger partial charge in [-0.2, -0.15) is 0 Å².